The molecule has 0 amide bonds. The normalized spacial score (nSPS) is 11.1. The van der Waals surface area contributed by atoms with Crippen LogP contribution in [-0.4, -0.2) is 25.1 Å². The molecule has 0 aliphatic carbocycles. The van der Waals surface area contributed by atoms with Gasteiger partial charge in [0.05, 0.1) is 29.3 Å². The van der Waals surface area contributed by atoms with Gasteiger partial charge in [0, 0.05) is 40.4 Å². The van der Waals surface area contributed by atoms with Gasteiger partial charge in [-0.15, -0.1) is 68.0 Å². The minimum atomic E-state index is 0.653. The van der Waals surface area contributed by atoms with Gasteiger partial charge in [0.2, 0.25) is 0 Å². The van der Waals surface area contributed by atoms with Crippen molar-refractivity contribution in [3.63, 3.8) is 0 Å². The average Bonchev–Trinajstić information content (AvgIpc) is 3.78. The monoisotopic (exact) mass is 606 g/mol. The first-order valence-electron chi connectivity index (χ1n) is 11.1. The SMILES string of the molecule is O=Cc1ccc(-c2cc(-c3cc(-c4ccc(C=O)s4)sc3-c3ccc(C=O)s3)c(-c3ccc(C=O)s3)s2)s1. The number of thiophene rings is 6. The minimum Gasteiger partial charge on any atom is -0.297 e. The van der Waals surface area contributed by atoms with E-state index in [2.05, 4.69) is 12.1 Å². The lowest BCUT2D eigenvalue weighted by Gasteiger charge is -2.03. The van der Waals surface area contributed by atoms with Crippen LogP contribution in [-0.2, 0) is 0 Å². The molecule has 6 aromatic rings. The van der Waals surface area contributed by atoms with Crippen molar-refractivity contribution in [3.8, 4) is 50.1 Å². The Morgan fingerprint density at radius 3 is 1.00 bits per heavy atom. The highest BCUT2D eigenvalue weighted by atomic mass is 32.1. The Bertz CT molecular complexity index is 1690. The lowest BCUT2D eigenvalue weighted by Crippen LogP contribution is -1.77. The van der Waals surface area contributed by atoms with Gasteiger partial charge in [0.15, 0.2) is 25.1 Å². The molecule has 0 aliphatic heterocycles. The summed E-state index contributed by atoms with van der Waals surface area (Å²) in [4.78, 5) is 56.3. The molecule has 0 saturated heterocycles. The zero-order chi connectivity index (χ0) is 26.2. The molecular formula is C28H14O4S6. The Balaban J connectivity index is 1.59. The number of carbonyl (C=O) groups excluding carboxylic acids is 4. The molecule has 0 unspecified atom stereocenters. The zero-order valence-corrected chi connectivity index (χ0v) is 24.1. The van der Waals surface area contributed by atoms with Gasteiger partial charge >= 0.3 is 0 Å². The van der Waals surface area contributed by atoms with E-state index in [-0.39, 0.29) is 0 Å². The molecule has 0 radical (unpaired) electrons. The van der Waals surface area contributed by atoms with Gasteiger partial charge in [-0.3, -0.25) is 19.2 Å². The first-order valence-corrected chi connectivity index (χ1v) is 16.0. The third-order valence-electron chi connectivity index (χ3n) is 5.66. The zero-order valence-electron chi connectivity index (χ0n) is 19.2. The Labute approximate surface area is 241 Å². The lowest BCUT2D eigenvalue weighted by atomic mass is 10.0. The van der Waals surface area contributed by atoms with E-state index in [9.17, 15) is 19.2 Å². The lowest BCUT2D eigenvalue weighted by molar-refractivity contribution is 0.111. The molecule has 6 rings (SSSR count). The molecule has 6 heterocycles. The highest BCUT2D eigenvalue weighted by molar-refractivity contribution is 7.29. The molecule has 186 valence electrons. The molecule has 0 spiro atoms. The van der Waals surface area contributed by atoms with Crippen molar-refractivity contribution in [2.75, 3.05) is 0 Å². The molecule has 0 N–H and O–H groups in total. The number of aldehydes is 4. The number of rotatable bonds is 9. The molecule has 10 heteroatoms. The topological polar surface area (TPSA) is 68.3 Å². The molecule has 0 fully saturated rings. The molecule has 0 atom stereocenters. The van der Waals surface area contributed by atoms with E-state index in [1.54, 1.807) is 22.7 Å². The van der Waals surface area contributed by atoms with Crippen molar-refractivity contribution in [1.82, 2.24) is 0 Å². The van der Waals surface area contributed by atoms with Crippen LogP contribution < -0.4 is 0 Å². The highest BCUT2D eigenvalue weighted by Crippen LogP contribution is 2.52. The van der Waals surface area contributed by atoms with Crippen molar-refractivity contribution >= 4 is 93.2 Å². The average molecular weight is 607 g/mol. The maximum atomic E-state index is 11.5. The fraction of sp³-hybridized carbons (Fsp3) is 0. The van der Waals surface area contributed by atoms with Crippen molar-refractivity contribution < 1.29 is 19.2 Å². The fourth-order valence-electron chi connectivity index (χ4n) is 3.96. The summed E-state index contributed by atoms with van der Waals surface area (Å²) in [6.07, 6.45) is 3.44. The van der Waals surface area contributed by atoms with Crippen LogP contribution in [0.3, 0.4) is 0 Å². The first-order chi connectivity index (χ1) is 18.6. The van der Waals surface area contributed by atoms with Crippen LogP contribution in [0.15, 0.2) is 60.7 Å². The van der Waals surface area contributed by atoms with Crippen molar-refractivity contribution in [2.45, 2.75) is 0 Å². The van der Waals surface area contributed by atoms with Crippen molar-refractivity contribution in [1.29, 1.82) is 0 Å². The molecule has 0 saturated carbocycles. The Morgan fingerprint density at radius 1 is 0.368 bits per heavy atom. The predicted molar refractivity (Wildman–Crippen MR) is 162 cm³/mol. The van der Waals surface area contributed by atoms with Crippen LogP contribution in [0.2, 0.25) is 0 Å². The summed E-state index contributed by atoms with van der Waals surface area (Å²) < 4.78 is 0. The van der Waals surface area contributed by atoms with E-state index in [4.69, 9.17) is 0 Å². The van der Waals surface area contributed by atoms with Crippen molar-refractivity contribution in [2.24, 2.45) is 0 Å². The molecule has 0 aromatic carbocycles. The molecule has 38 heavy (non-hydrogen) atoms. The second kappa shape index (κ2) is 10.6. The Hall–Kier alpha value is -3.12. The summed E-state index contributed by atoms with van der Waals surface area (Å²) in [5, 5.41) is 0. The van der Waals surface area contributed by atoms with Gasteiger partial charge in [0.25, 0.3) is 0 Å². The van der Waals surface area contributed by atoms with E-state index in [0.717, 1.165) is 75.3 Å². The number of hydrogen-bond acceptors (Lipinski definition) is 10. The van der Waals surface area contributed by atoms with E-state index < -0.39 is 0 Å². The van der Waals surface area contributed by atoms with Crippen LogP contribution in [0.25, 0.3) is 50.1 Å². The molecule has 4 nitrogen and oxygen atoms in total. The van der Waals surface area contributed by atoms with Gasteiger partial charge in [-0.2, -0.15) is 0 Å². The van der Waals surface area contributed by atoms with Gasteiger partial charge in [-0.1, -0.05) is 0 Å². The van der Waals surface area contributed by atoms with Gasteiger partial charge < -0.3 is 0 Å². The van der Waals surface area contributed by atoms with E-state index in [1.165, 1.54) is 45.3 Å². The number of hydrogen-bond donors (Lipinski definition) is 0. The quantitative estimate of drug-likeness (QED) is 0.154. The van der Waals surface area contributed by atoms with E-state index in [0.29, 0.717) is 19.5 Å². The van der Waals surface area contributed by atoms with Gasteiger partial charge in [-0.25, -0.2) is 0 Å². The summed E-state index contributed by atoms with van der Waals surface area (Å²) in [7, 11) is 0. The smallest absolute Gasteiger partial charge is 0.160 e. The largest absolute Gasteiger partial charge is 0.297 e. The molecule has 6 aromatic heterocycles. The fourth-order valence-corrected chi connectivity index (χ4v) is 10.0. The maximum absolute atomic E-state index is 11.5. The third kappa shape index (κ3) is 4.64. The highest BCUT2D eigenvalue weighted by Gasteiger charge is 2.23. The van der Waals surface area contributed by atoms with Crippen LogP contribution >= 0.6 is 68.0 Å². The number of carbonyl (C=O) groups is 4. The second-order valence-electron chi connectivity index (χ2n) is 7.99. The second-order valence-corrected chi connectivity index (χ2v) is 14.6. The molecular weight excluding hydrogens is 593 g/mol. The Kier molecular flexibility index (Phi) is 7.00. The standard InChI is InChI=1S/C28H14O4S6/c29-11-15-1-5-21(33-15)25-9-19(27(37-25)23-7-3-17(13-31)35-23)20-10-26(22-6-2-16(12-30)34-22)38-28(20)24-8-4-18(14-32)36-24/h1-14H. The van der Waals surface area contributed by atoms with Crippen LogP contribution in [0.5, 0.6) is 0 Å². The van der Waals surface area contributed by atoms with Crippen LogP contribution in [0, 0.1) is 0 Å². The van der Waals surface area contributed by atoms with Crippen LogP contribution in [0.4, 0.5) is 0 Å². The van der Waals surface area contributed by atoms with Crippen molar-refractivity contribution in [3.05, 3.63) is 80.2 Å². The van der Waals surface area contributed by atoms with Gasteiger partial charge in [-0.05, 0) is 60.7 Å². The van der Waals surface area contributed by atoms with E-state index in [1.807, 2.05) is 48.5 Å². The minimum absolute atomic E-state index is 0.653. The summed E-state index contributed by atoms with van der Waals surface area (Å²) in [5.74, 6) is 0. The van der Waals surface area contributed by atoms with Gasteiger partial charge in [0.1, 0.15) is 0 Å². The summed E-state index contributed by atoms with van der Waals surface area (Å²) >= 11 is 9.04. The predicted octanol–water partition coefficient (Wildman–Crippen LogP) is 9.64. The third-order valence-corrected chi connectivity index (χ3v) is 12.7. The summed E-state index contributed by atoms with van der Waals surface area (Å²) in [6, 6.07) is 19.5. The maximum Gasteiger partial charge on any atom is 0.160 e. The van der Waals surface area contributed by atoms with E-state index >= 15 is 0 Å². The molecule has 0 aliphatic rings. The first kappa shape index (κ1) is 25.2. The summed E-state index contributed by atoms with van der Waals surface area (Å²) in [5.41, 5.74) is 2.05. The molecule has 0 bridgehead atoms. The van der Waals surface area contributed by atoms with Crippen LogP contribution in [0.1, 0.15) is 38.7 Å². The summed E-state index contributed by atoms with van der Waals surface area (Å²) in [6.45, 7) is 0. The Morgan fingerprint density at radius 2 is 0.684 bits per heavy atom.